The van der Waals surface area contributed by atoms with E-state index in [0.717, 1.165) is 50.5 Å². The number of carbonyl (C=O) groups is 3. The molecule has 0 spiro atoms. The lowest BCUT2D eigenvalue weighted by Crippen LogP contribution is -2.69. The molecule has 9 heteroatoms. The van der Waals surface area contributed by atoms with Crippen LogP contribution >= 0.6 is 0 Å². The monoisotopic (exact) mass is 772 g/mol. The van der Waals surface area contributed by atoms with Crippen LogP contribution in [0.15, 0.2) is 42.5 Å². The first-order valence-electron chi connectivity index (χ1n) is 21.5. The van der Waals surface area contributed by atoms with Gasteiger partial charge in [-0.1, -0.05) is 65.0 Å². The van der Waals surface area contributed by atoms with Gasteiger partial charge in [0.25, 0.3) is 0 Å². The minimum atomic E-state index is -0.892. The Hall–Kier alpha value is -3.33. The Bertz CT molecular complexity index is 1780. The maximum atomic E-state index is 14.4. The molecular weight excluding hydrogens is 703 g/mol. The van der Waals surface area contributed by atoms with Crippen LogP contribution in [0.25, 0.3) is 5.57 Å². The van der Waals surface area contributed by atoms with Crippen molar-refractivity contribution in [3.05, 3.63) is 53.6 Å². The summed E-state index contributed by atoms with van der Waals surface area (Å²) in [6, 6.07) is 6.86. The predicted octanol–water partition coefficient (Wildman–Crippen LogP) is 9.41. The summed E-state index contributed by atoms with van der Waals surface area (Å²) in [5.41, 5.74) is 3.42. The summed E-state index contributed by atoms with van der Waals surface area (Å²) in [4.78, 5) is 42.3. The fourth-order valence-electron chi connectivity index (χ4n) is 14.3. The number of carboxylic acid groups (broad SMARTS) is 1. The Morgan fingerprint density at radius 2 is 1.61 bits per heavy atom. The van der Waals surface area contributed by atoms with E-state index in [-0.39, 0.29) is 46.4 Å². The maximum Gasteiger partial charge on any atom is 0.410 e. The fourth-order valence-corrected chi connectivity index (χ4v) is 14.3. The van der Waals surface area contributed by atoms with Crippen molar-refractivity contribution in [1.82, 2.24) is 15.1 Å². The summed E-state index contributed by atoms with van der Waals surface area (Å²) < 4.78 is 5.62. The van der Waals surface area contributed by atoms with Gasteiger partial charge in [0.1, 0.15) is 5.60 Å². The zero-order chi connectivity index (χ0) is 40.8. The second kappa shape index (κ2) is 13.9. The highest BCUT2D eigenvalue weighted by Crippen LogP contribution is 2.76. The quantitative estimate of drug-likeness (QED) is 0.257. The summed E-state index contributed by atoms with van der Waals surface area (Å²) in [7, 11) is 0. The second-order valence-corrected chi connectivity index (χ2v) is 21.2. The predicted molar refractivity (Wildman–Crippen MR) is 220 cm³/mol. The van der Waals surface area contributed by atoms with Crippen molar-refractivity contribution < 1.29 is 29.3 Å². The molecule has 5 fully saturated rings. The molecule has 0 radical (unpaired) electrons. The van der Waals surface area contributed by atoms with E-state index in [2.05, 4.69) is 59.5 Å². The van der Waals surface area contributed by atoms with Gasteiger partial charge in [0.2, 0.25) is 0 Å². The first-order chi connectivity index (χ1) is 26.1. The van der Waals surface area contributed by atoms with Crippen LogP contribution in [-0.4, -0.2) is 81.5 Å². The molecule has 0 bridgehead atoms. The number of aromatic carboxylic acids is 1. The van der Waals surface area contributed by atoms with Crippen LogP contribution < -0.4 is 5.32 Å². The number of carboxylic acids is 1. The molecule has 1 aromatic carbocycles. The Labute approximate surface area is 335 Å². The Morgan fingerprint density at radius 1 is 0.911 bits per heavy atom. The number of piperazine rings is 1. The normalized spacial score (nSPS) is 38.9. The van der Waals surface area contributed by atoms with E-state index in [1.165, 1.54) is 24.0 Å². The van der Waals surface area contributed by atoms with Gasteiger partial charge in [0.15, 0.2) is 0 Å². The number of benzene rings is 1. The number of carbonyl (C=O) groups excluding carboxylic acids is 2. The molecular formula is C47H69N3O6. The molecule has 308 valence electrons. The molecule has 1 heterocycles. The summed E-state index contributed by atoms with van der Waals surface area (Å²) in [6.07, 6.45) is 11.8. The first kappa shape index (κ1) is 40.9. The lowest BCUT2D eigenvalue weighted by atomic mass is 9.33. The molecule has 1 aliphatic heterocycles. The van der Waals surface area contributed by atoms with E-state index in [0.29, 0.717) is 48.2 Å². The average molecular weight is 772 g/mol. The van der Waals surface area contributed by atoms with Gasteiger partial charge in [-0.25, -0.2) is 14.4 Å². The summed E-state index contributed by atoms with van der Waals surface area (Å²) >= 11 is 0. The molecule has 9 nitrogen and oxygen atoms in total. The number of hydrogen-bond donors (Lipinski definition) is 3. The van der Waals surface area contributed by atoms with Gasteiger partial charge in [-0.05, 0) is 160 Å². The number of rotatable bonds is 5. The highest BCUT2D eigenvalue weighted by atomic mass is 16.6. The second-order valence-electron chi connectivity index (χ2n) is 21.2. The van der Waals surface area contributed by atoms with Crippen molar-refractivity contribution in [2.24, 2.45) is 51.2 Å². The molecule has 5 aliphatic carbocycles. The smallest absolute Gasteiger partial charge is 0.410 e. The Morgan fingerprint density at radius 3 is 2.23 bits per heavy atom. The summed E-state index contributed by atoms with van der Waals surface area (Å²) in [5.74, 6) is 1.28. The largest absolute Gasteiger partial charge is 0.478 e. The fraction of sp³-hybridized carbons (Fsp3) is 0.723. The molecule has 7 rings (SSSR count). The molecule has 0 aromatic heterocycles. The van der Waals surface area contributed by atoms with Crippen molar-refractivity contribution in [3.8, 4) is 0 Å². The molecule has 3 amide bonds. The van der Waals surface area contributed by atoms with Crippen molar-refractivity contribution in [3.63, 3.8) is 0 Å². The zero-order valence-electron chi connectivity index (χ0n) is 35.7. The number of allylic oxidation sites excluding steroid dienone is 3. The number of aliphatic hydroxyl groups excluding tert-OH is 1. The molecule has 10 atom stereocenters. The first-order valence-corrected chi connectivity index (χ1v) is 21.5. The van der Waals surface area contributed by atoms with Crippen molar-refractivity contribution >= 4 is 23.7 Å². The Balaban J connectivity index is 1.14. The van der Waals surface area contributed by atoms with Crippen LogP contribution in [0.5, 0.6) is 0 Å². The number of nitrogens with one attached hydrogen (secondary N) is 1. The minimum Gasteiger partial charge on any atom is -0.478 e. The van der Waals surface area contributed by atoms with E-state index < -0.39 is 23.7 Å². The average Bonchev–Trinajstić information content (AvgIpc) is 3.50. The van der Waals surface area contributed by atoms with Crippen molar-refractivity contribution in [1.29, 1.82) is 0 Å². The third-order valence-electron chi connectivity index (χ3n) is 17.0. The molecule has 3 N–H and O–H groups in total. The molecule has 1 aromatic rings. The zero-order valence-corrected chi connectivity index (χ0v) is 35.7. The van der Waals surface area contributed by atoms with E-state index in [1.54, 1.807) is 21.9 Å². The lowest BCUT2D eigenvalue weighted by Gasteiger charge is -2.72. The number of amides is 3. The van der Waals surface area contributed by atoms with Gasteiger partial charge in [0, 0.05) is 25.2 Å². The van der Waals surface area contributed by atoms with Crippen LogP contribution in [0, 0.1) is 51.2 Å². The maximum absolute atomic E-state index is 14.4. The van der Waals surface area contributed by atoms with E-state index in [1.807, 2.05) is 32.9 Å². The van der Waals surface area contributed by atoms with Crippen molar-refractivity contribution in [2.75, 3.05) is 26.2 Å². The van der Waals surface area contributed by atoms with Gasteiger partial charge >= 0.3 is 18.1 Å². The minimum absolute atomic E-state index is 0.0515. The van der Waals surface area contributed by atoms with Crippen LogP contribution in [0.4, 0.5) is 9.59 Å². The molecule has 56 heavy (non-hydrogen) atoms. The number of nitrogens with zero attached hydrogens (tertiary/aromatic N) is 2. The Kier molecular flexibility index (Phi) is 10.1. The number of hydrogen-bond acceptors (Lipinski definition) is 5. The number of ether oxygens (including phenoxy) is 1. The van der Waals surface area contributed by atoms with Crippen LogP contribution in [0.2, 0.25) is 0 Å². The van der Waals surface area contributed by atoms with E-state index in [9.17, 15) is 24.6 Å². The van der Waals surface area contributed by atoms with Gasteiger partial charge in [-0.15, -0.1) is 0 Å². The summed E-state index contributed by atoms with van der Waals surface area (Å²) in [5, 5.41) is 23.7. The van der Waals surface area contributed by atoms with Gasteiger partial charge < -0.3 is 30.1 Å². The number of fused-ring (bicyclic) bond motifs is 7. The van der Waals surface area contributed by atoms with Crippen LogP contribution in [0.3, 0.4) is 0 Å². The molecule has 6 aliphatic rings. The number of aliphatic hydroxyl groups is 1. The third kappa shape index (κ3) is 6.32. The van der Waals surface area contributed by atoms with Crippen LogP contribution in [-0.2, 0) is 4.74 Å². The van der Waals surface area contributed by atoms with Gasteiger partial charge in [0.05, 0.1) is 18.2 Å². The standard InChI is InChI=1S/C47H69N3O6/c1-29(2)33-17-22-47(48-40(54)50-26-25-49(27-32(50)28-51)41(55)56-42(3,4)5)24-23-45(9)35(38(33)47)15-16-37-44(8)20-18-34(30-11-13-31(14-12-30)39(52)53)43(6,7)36(44)19-21-46(37,45)10/h11-14,18,32-33,35-38,51H,1,15-17,19-28H2,2-10H3,(H,48,54)(H,52,53)/t32?,33-,35+,36-,37+,38+,44-,45+,46+,47-/m0/s1. The highest BCUT2D eigenvalue weighted by molar-refractivity contribution is 5.88. The van der Waals surface area contributed by atoms with Gasteiger partial charge in [-0.2, -0.15) is 0 Å². The molecule has 4 saturated carbocycles. The van der Waals surface area contributed by atoms with Crippen molar-refractivity contribution in [2.45, 2.75) is 137 Å². The van der Waals surface area contributed by atoms with Gasteiger partial charge in [-0.3, -0.25) is 0 Å². The molecule has 1 unspecified atom stereocenters. The summed E-state index contributed by atoms with van der Waals surface area (Å²) in [6.45, 7) is 25.7. The van der Waals surface area contributed by atoms with Crippen LogP contribution in [0.1, 0.15) is 136 Å². The third-order valence-corrected chi connectivity index (χ3v) is 17.0. The number of urea groups is 1. The topological polar surface area (TPSA) is 119 Å². The highest BCUT2D eigenvalue weighted by Gasteiger charge is 2.70. The lowest BCUT2D eigenvalue weighted by molar-refractivity contribution is -0.218. The van der Waals surface area contributed by atoms with E-state index >= 15 is 0 Å². The molecule has 1 saturated heterocycles. The SMILES string of the molecule is C=C(C)[C@@H]1CC[C@]2(NC(=O)N3CCN(C(=O)OC(C)(C)C)CC3CO)CC[C@]3(C)[C@H](CC[C@@H]4[C@@]5(C)CC=C(c6ccc(C(=O)O)cc6)C(C)(C)[C@@H]5CC[C@]43C)[C@@H]12. The van der Waals surface area contributed by atoms with E-state index in [4.69, 9.17) is 4.74 Å².